The summed E-state index contributed by atoms with van der Waals surface area (Å²) in [6.07, 6.45) is 1.24. The highest BCUT2D eigenvalue weighted by atomic mass is 35.5. The third-order valence-electron chi connectivity index (χ3n) is 6.73. The van der Waals surface area contributed by atoms with Crippen LogP contribution in [0, 0.1) is 0 Å². The third-order valence-corrected chi connectivity index (χ3v) is 9.92. The van der Waals surface area contributed by atoms with Gasteiger partial charge in [0.1, 0.15) is 0 Å². The maximum atomic E-state index is 13.7. The molecule has 2 aliphatic rings. The molecular weight excluding hydrogens is 564 g/mol. The lowest BCUT2D eigenvalue weighted by atomic mass is 10.2. The normalized spacial score (nSPS) is 18.4. The number of hydrogen-bond donors (Lipinski definition) is 0. The van der Waals surface area contributed by atoms with E-state index < -0.39 is 16.1 Å². The quantitative estimate of drug-likeness (QED) is 0.404. The number of fused-ring (bicyclic) bond motifs is 1. The molecule has 3 heterocycles. The molecule has 0 N–H and O–H groups in total. The van der Waals surface area contributed by atoms with Gasteiger partial charge in [-0.2, -0.15) is 4.31 Å². The molecule has 0 aliphatic carbocycles. The van der Waals surface area contributed by atoms with E-state index in [1.54, 1.807) is 17.9 Å². The Balaban J connectivity index is 1.34. The smallest absolute Gasteiger partial charge is 0.409 e. The summed E-state index contributed by atoms with van der Waals surface area (Å²) in [6.45, 7) is 3.82. The Morgan fingerprint density at radius 2 is 1.90 bits per heavy atom. The first-order valence-electron chi connectivity index (χ1n) is 12.8. The minimum atomic E-state index is -3.79. The predicted molar refractivity (Wildman–Crippen MR) is 149 cm³/mol. The Kier molecular flexibility index (Phi) is 8.38. The fraction of sp³-hybridized carbons (Fsp3) is 0.423. The summed E-state index contributed by atoms with van der Waals surface area (Å²) in [5.41, 5.74) is 1.09. The molecule has 2 saturated heterocycles. The molecule has 1 atom stereocenters. The molecular formula is C26H29ClN4O6S2. The van der Waals surface area contributed by atoms with E-state index >= 15 is 0 Å². The number of carbonyl (C=O) groups excluding carboxylic acids is 2. The van der Waals surface area contributed by atoms with Gasteiger partial charge in [-0.25, -0.2) is 18.2 Å². The van der Waals surface area contributed by atoms with Crippen molar-refractivity contribution in [1.82, 2.24) is 14.2 Å². The summed E-state index contributed by atoms with van der Waals surface area (Å²) in [7, 11) is -3.79. The van der Waals surface area contributed by atoms with Gasteiger partial charge in [0.15, 0.2) is 5.13 Å². The number of halogens is 1. The van der Waals surface area contributed by atoms with Crippen molar-refractivity contribution in [2.75, 3.05) is 50.8 Å². The second kappa shape index (κ2) is 11.8. The molecule has 208 valence electrons. The molecule has 0 saturated carbocycles. The lowest BCUT2D eigenvalue weighted by molar-refractivity contribution is 0.0916. The van der Waals surface area contributed by atoms with E-state index in [2.05, 4.69) is 4.98 Å². The number of amides is 2. The Hall–Kier alpha value is -2.77. The number of hydrogen-bond acceptors (Lipinski definition) is 8. The van der Waals surface area contributed by atoms with Gasteiger partial charge in [-0.3, -0.25) is 9.69 Å². The van der Waals surface area contributed by atoms with Gasteiger partial charge < -0.3 is 14.4 Å². The topological polar surface area (TPSA) is 109 Å². The van der Waals surface area contributed by atoms with Gasteiger partial charge in [-0.15, -0.1) is 0 Å². The van der Waals surface area contributed by atoms with Gasteiger partial charge in [-0.05, 0) is 62.2 Å². The number of carbonyl (C=O) groups is 2. The lowest BCUT2D eigenvalue weighted by Gasteiger charge is -2.33. The van der Waals surface area contributed by atoms with Crippen LogP contribution in [-0.2, 0) is 19.5 Å². The van der Waals surface area contributed by atoms with Gasteiger partial charge in [0, 0.05) is 43.4 Å². The molecule has 1 aromatic heterocycles. The van der Waals surface area contributed by atoms with Crippen LogP contribution in [0.5, 0.6) is 0 Å². The molecule has 2 aliphatic heterocycles. The summed E-state index contributed by atoms with van der Waals surface area (Å²) in [5, 5.41) is 1.12. The van der Waals surface area contributed by atoms with Crippen molar-refractivity contribution in [2.45, 2.75) is 30.8 Å². The predicted octanol–water partition coefficient (Wildman–Crippen LogP) is 4.24. The van der Waals surface area contributed by atoms with E-state index in [1.807, 2.05) is 12.1 Å². The van der Waals surface area contributed by atoms with Crippen LogP contribution in [0.15, 0.2) is 47.4 Å². The Morgan fingerprint density at radius 1 is 1.15 bits per heavy atom. The Bertz CT molecular complexity index is 1450. The maximum absolute atomic E-state index is 13.7. The second-order valence-corrected chi connectivity index (χ2v) is 12.7. The van der Waals surface area contributed by atoms with E-state index in [9.17, 15) is 18.0 Å². The number of nitrogens with zero attached hydrogens (tertiary/aromatic N) is 4. The molecule has 2 aromatic carbocycles. The van der Waals surface area contributed by atoms with Crippen LogP contribution in [-0.4, -0.2) is 86.6 Å². The summed E-state index contributed by atoms with van der Waals surface area (Å²) >= 11 is 7.52. The van der Waals surface area contributed by atoms with Crippen molar-refractivity contribution in [2.24, 2.45) is 0 Å². The Morgan fingerprint density at radius 3 is 2.56 bits per heavy atom. The highest BCUT2D eigenvalue weighted by molar-refractivity contribution is 7.89. The summed E-state index contributed by atoms with van der Waals surface area (Å²) in [6, 6.07) is 11.3. The molecule has 3 aromatic rings. The van der Waals surface area contributed by atoms with Crippen molar-refractivity contribution < 1.29 is 27.5 Å². The van der Waals surface area contributed by atoms with Crippen molar-refractivity contribution in [3.63, 3.8) is 0 Å². The van der Waals surface area contributed by atoms with Crippen LogP contribution in [0.2, 0.25) is 5.02 Å². The van der Waals surface area contributed by atoms with Crippen LogP contribution >= 0.6 is 22.9 Å². The zero-order chi connectivity index (χ0) is 27.6. The monoisotopic (exact) mass is 592 g/mol. The Labute approximate surface area is 236 Å². The SMILES string of the molecule is CCOC(=O)N1CCN(S(=O)(=O)c2ccc(C(=O)N(CC3CCCO3)c3nc4ccc(Cl)cc4s3)cc2)CC1. The number of thiazole rings is 1. The van der Waals surface area contributed by atoms with Crippen LogP contribution in [0.3, 0.4) is 0 Å². The molecule has 1 unspecified atom stereocenters. The van der Waals surface area contributed by atoms with Crippen LogP contribution in [0.4, 0.5) is 9.93 Å². The fourth-order valence-corrected chi connectivity index (χ4v) is 7.31. The first-order valence-corrected chi connectivity index (χ1v) is 15.4. The molecule has 0 spiro atoms. The zero-order valence-corrected chi connectivity index (χ0v) is 23.8. The number of ether oxygens (including phenoxy) is 2. The van der Waals surface area contributed by atoms with E-state index in [1.165, 1.54) is 44.8 Å². The largest absolute Gasteiger partial charge is 0.450 e. The first-order chi connectivity index (χ1) is 18.8. The van der Waals surface area contributed by atoms with Crippen molar-refractivity contribution in [3.05, 3.63) is 53.1 Å². The number of rotatable bonds is 7. The average molecular weight is 593 g/mol. The highest BCUT2D eigenvalue weighted by Crippen LogP contribution is 2.32. The van der Waals surface area contributed by atoms with E-state index in [4.69, 9.17) is 21.1 Å². The number of aromatic nitrogens is 1. The van der Waals surface area contributed by atoms with E-state index in [0.29, 0.717) is 28.9 Å². The number of anilines is 1. The van der Waals surface area contributed by atoms with Crippen molar-refractivity contribution >= 4 is 60.3 Å². The van der Waals surface area contributed by atoms with Gasteiger partial charge >= 0.3 is 6.09 Å². The molecule has 39 heavy (non-hydrogen) atoms. The number of benzene rings is 2. The van der Waals surface area contributed by atoms with Crippen molar-refractivity contribution in [3.8, 4) is 0 Å². The van der Waals surface area contributed by atoms with Crippen molar-refractivity contribution in [1.29, 1.82) is 0 Å². The van der Waals surface area contributed by atoms with Crippen LogP contribution < -0.4 is 4.90 Å². The average Bonchev–Trinajstić information content (AvgIpc) is 3.61. The highest BCUT2D eigenvalue weighted by Gasteiger charge is 2.31. The summed E-state index contributed by atoms with van der Waals surface area (Å²) in [4.78, 5) is 33.5. The first kappa shape index (κ1) is 27.8. The molecule has 2 amide bonds. The summed E-state index contributed by atoms with van der Waals surface area (Å²) in [5.74, 6) is -0.289. The molecule has 5 rings (SSSR count). The van der Waals surface area contributed by atoms with E-state index in [0.717, 1.165) is 23.1 Å². The van der Waals surface area contributed by atoms with Gasteiger partial charge in [0.05, 0.1) is 34.4 Å². The molecule has 10 nitrogen and oxygen atoms in total. The number of sulfonamides is 1. The lowest BCUT2D eigenvalue weighted by Crippen LogP contribution is -2.50. The fourth-order valence-electron chi connectivity index (χ4n) is 4.64. The molecule has 13 heteroatoms. The minimum Gasteiger partial charge on any atom is -0.450 e. The second-order valence-electron chi connectivity index (χ2n) is 9.27. The third kappa shape index (κ3) is 6.04. The van der Waals surface area contributed by atoms with Crippen LogP contribution in [0.25, 0.3) is 10.2 Å². The van der Waals surface area contributed by atoms with E-state index in [-0.39, 0.29) is 49.7 Å². The molecule has 0 bridgehead atoms. The summed E-state index contributed by atoms with van der Waals surface area (Å²) < 4.78 is 39.5. The molecule has 2 fully saturated rings. The van der Waals surface area contributed by atoms with Gasteiger partial charge in [-0.1, -0.05) is 22.9 Å². The van der Waals surface area contributed by atoms with Crippen LogP contribution in [0.1, 0.15) is 30.1 Å². The minimum absolute atomic E-state index is 0.0870. The van der Waals surface area contributed by atoms with Gasteiger partial charge in [0.25, 0.3) is 5.91 Å². The standard InChI is InChI=1S/C26H29ClN4O6S2/c1-2-36-26(33)29-11-13-30(14-12-29)39(34,35)21-8-5-18(6-9-21)24(32)31(17-20-4-3-15-37-20)25-28-22-10-7-19(27)16-23(22)38-25/h5-10,16,20H,2-4,11-15,17H2,1H3. The zero-order valence-electron chi connectivity index (χ0n) is 21.4. The van der Waals surface area contributed by atoms with Gasteiger partial charge in [0.2, 0.25) is 10.0 Å². The molecule has 0 radical (unpaired) electrons. The number of piperazine rings is 1. The maximum Gasteiger partial charge on any atom is 0.409 e.